The van der Waals surface area contributed by atoms with E-state index in [4.69, 9.17) is 0 Å². The van der Waals surface area contributed by atoms with Gasteiger partial charge in [0.15, 0.2) is 0 Å². The molecule has 9 heteroatoms. The van der Waals surface area contributed by atoms with Gasteiger partial charge < -0.3 is 10.1 Å². The first kappa shape index (κ1) is 19.9. The van der Waals surface area contributed by atoms with Gasteiger partial charge in [-0.1, -0.05) is 20.8 Å². The summed E-state index contributed by atoms with van der Waals surface area (Å²) in [4.78, 5) is 22.9. The Morgan fingerprint density at radius 1 is 0.917 bits per heavy atom. The second kappa shape index (κ2) is 7.59. The molecular formula is C15H16F5NO3. The van der Waals surface area contributed by atoms with Crippen LogP contribution >= 0.6 is 0 Å². The molecule has 0 fully saturated rings. The largest absolute Gasteiger partial charge is 0.420 e. The summed E-state index contributed by atoms with van der Waals surface area (Å²) in [5.74, 6) is -15.4. The smallest absolute Gasteiger partial charge is 0.320 e. The van der Waals surface area contributed by atoms with Gasteiger partial charge in [0.1, 0.15) is 6.42 Å². The first-order chi connectivity index (χ1) is 10.9. The van der Waals surface area contributed by atoms with Crippen molar-refractivity contribution in [2.24, 2.45) is 5.41 Å². The summed E-state index contributed by atoms with van der Waals surface area (Å²) in [5, 5.41) is 2.38. The molecule has 0 aliphatic heterocycles. The van der Waals surface area contributed by atoms with E-state index in [1.54, 1.807) is 0 Å². The molecule has 0 saturated carbocycles. The highest BCUT2D eigenvalue weighted by Gasteiger charge is 2.29. The van der Waals surface area contributed by atoms with E-state index in [1.165, 1.54) is 0 Å². The van der Waals surface area contributed by atoms with Gasteiger partial charge in [0.2, 0.25) is 40.7 Å². The van der Waals surface area contributed by atoms with E-state index < -0.39 is 53.1 Å². The van der Waals surface area contributed by atoms with Crippen molar-refractivity contribution in [1.29, 1.82) is 0 Å². The van der Waals surface area contributed by atoms with Crippen molar-refractivity contribution in [3.8, 4) is 5.75 Å². The summed E-state index contributed by atoms with van der Waals surface area (Å²) >= 11 is 0. The van der Waals surface area contributed by atoms with Gasteiger partial charge in [0.05, 0.1) is 0 Å². The first-order valence-electron chi connectivity index (χ1n) is 6.93. The minimum absolute atomic E-state index is 0.0663. The van der Waals surface area contributed by atoms with E-state index in [9.17, 15) is 31.5 Å². The highest BCUT2D eigenvalue weighted by molar-refractivity contribution is 5.95. The number of hydrogen-bond donors (Lipinski definition) is 1. The summed E-state index contributed by atoms with van der Waals surface area (Å²) in [7, 11) is 0. The van der Waals surface area contributed by atoms with Crippen molar-refractivity contribution < 1.29 is 36.3 Å². The van der Waals surface area contributed by atoms with Crippen LogP contribution in [-0.4, -0.2) is 18.4 Å². The lowest BCUT2D eigenvalue weighted by atomic mass is 9.92. The van der Waals surface area contributed by atoms with Gasteiger partial charge in [-0.2, -0.15) is 8.78 Å². The number of ether oxygens (including phenoxy) is 1. The number of halogens is 5. The molecule has 1 aromatic carbocycles. The molecule has 1 N–H and O–H groups in total. The number of rotatable bonds is 5. The number of carbonyl (C=O) groups excluding carboxylic acids is 2. The van der Waals surface area contributed by atoms with Crippen molar-refractivity contribution >= 4 is 11.9 Å². The van der Waals surface area contributed by atoms with E-state index in [0.29, 0.717) is 6.42 Å². The second-order valence-electron chi connectivity index (χ2n) is 6.21. The number of hydrogen-bond acceptors (Lipinski definition) is 3. The van der Waals surface area contributed by atoms with Crippen LogP contribution < -0.4 is 10.1 Å². The Kier molecular flexibility index (Phi) is 6.28. The second-order valence-corrected chi connectivity index (χ2v) is 6.21. The van der Waals surface area contributed by atoms with Gasteiger partial charge in [-0.25, -0.2) is 13.2 Å². The number of amides is 1. The summed E-state index contributed by atoms with van der Waals surface area (Å²) < 4.78 is 69.6. The van der Waals surface area contributed by atoms with Crippen molar-refractivity contribution in [3.05, 3.63) is 29.1 Å². The van der Waals surface area contributed by atoms with Crippen LogP contribution in [0.1, 0.15) is 33.6 Å². The topological polar surface area (TPSA) is 55.4 Å². The third-order valence-electron chi connectivity index (χ3n) is 2.89. The summed E-state index contributed by atoms with van der Waals surface area (Å²) in [6.45, 7) is 6.03. The van der Waals surface area contributed by atoms with Crippen LogP contribution in [0.25, 0.3) is 0 Å². The molecule has 0 unspecified atom stereocenters. The van der Waals surface area contributed by atoms with Crippen LogP contribution in [0.2, 0.25) is 0 Å². The Balaban J connectivity index is 2.71. The molecule has 0 heterocycles. The molecule has 0 saturated heterocycles. The molecule has 24 heavy (non-hydrogen) atoms. The van der Waals surface area contributed by atoms with E-state index in [1.807, 2.05) is 20.8 Å². The Morgan fingerprint density at radius 2 is 1.38 bits per heavy atom. The third kappa shape index (κ3) is 5.17. The molecule has 0 bridgehead atoms. The van der Waals surface area contributed by atoms with Gasteiger partial charge in [-0.05, 0) is 11.8 Å². The fraction of sp³-hybridized carbons (Fsp3) is 0.467. The maximum atomic E-state index is 13.3. The van der Waals surface area contributed by atoms with Gasteiger partial charge in [-0.3, -0.25) is 9.59 Å². The van der Waals surface area contributed by atoms with Crippen LogP contribution in [0.5, 0.6) is 5.75 Å². The van der Waals surface area contributed by atoms with Crippen LogP contribution in [0.3, 0.4) is 0 Å². The van der Waals surface area contributed by atoms with Gasteiger partial charge in [0.25, 0.3) is 0 Å². The molecule has 0 aliphatic carbocycles. The summed E-state index contributed by atoms with van der Waals surface area (Å²) in [5.41, 5.74) is -0.0663. The lowest BCUT2D eigenvalue weighted by molar-refractivity contribution is -0.139. The van der Waals surface area contributed by atoms with Crippen LogP contribution in [0, 0.1) is 34.5 Å². The molecule has 0 aromatic heterocycles. The number of nitrogens with one attached hydrogen (secondary N) is 1. The average molecular weight is 353 g/mol. The van der Waals surface area contributed by atoms with Crippen molar-refractivity contribution in [3.63, 3.8) is 0 Å². The lowest BCUT2D eigenvalue weighted by Gasteiger charge is -2.17. The average Bonchev–Trinajstić information content (AvgIpc) is 2.46. The quantitative estimate of drug-likeness (QED) is 0.221. The van der Waals surface area contributed by atoms with Gasteiger partial charge in [0, 0.05) is 6.54 Å². The van der Waals surface area contributed by atoms with Crippen LogP contribution in [0.4, 0.5) is 22.0 Å². The standard InChI is InChI=1S/C15H16F5NO3/c1-15(2,3)4-5-21-7(22)6-8(23)24-14-12(19)10(17)9(16)11(18)13(14)20/h4-6H2,1-3H3,(H,21,22). The Hall–Kier alpha value is -2.19. The zero-order valence-electron chi connectivity index (χ0n) is 13.2. The normalized spacial score (nSPS) is 11.3. The van der Waals surface area contributed by atoms with Gasteiger partial charge in [-0.15, -0.1) is 0 Å². The van der Waals surface area contributed by atoms with E-state index in [0.717, 1.165) is 0 Å². The zero-order chi connectivity index (χ0) is 18.7. The van der Waals surface area contributed by atoms with E-state index >= 15 is 0 Å². The maximum absolute atomic E-state index is 13.3. The fourth-order valence-corrected chi connectivity index (χ4v) is 1.59. The molecule has 134 valence electrons. The monoisotopic (exact) mass is 353 g/mol. The molecular weight excluding hydrogens is 337 g/mol. The van der Waals surface area contributed by atoms with E-state index in [2.05, 4.69) is 10.1 Å². The lowest BCUT2D eigenvalue weighted by Crippen LogP contribution is -2.30. The summed E-state index contributed by atoms with van der Waals surface area (Å²) in [6.07, 6.45) is -0.324. The predicted molar refractivity (Wildman–Crippen MR) is 73.6 cm³/mol. The van der Waals surface area contributed by atoms with Crippen molar-refractivity contribution in [2.75, 3.05) is 6.54 Å². The van der Waals surface area contributed by atoms with Crippen molar-refractivity contribution in [2.45, 2.75) is 33.6 Å². The Morgan fingerprint density at radius 3 is 1.83 bits per heavy atom. The molecule has 0 spiro atoms. The molecule has 0 radical (unpaired) electrons. The maximum Gasteiger partial charge on any atom is 0.320 e. The zero-order valence-corrected chi connectivity index (χ0v) is 13.2. The highest BCUT2D eigenvalue weighted by atomic mass is 19.2. The number of benzene rings is 1. The molecule has 0 aliphatic rings. The highest BCUT2D eigenvalue weighted by Crippen LogP contribution is 2.29. The Bertz CT molecular complexity index is 626. The molecule has 1 aromatic rings. The molecule has 1 rings (SSSR count). The molecule has 1 amide bonds. The van der Waals surface area contributed by atoms with Crippen LogP contribution in [-0.2, 0) is 9.59 Å². The van der Waals surface area contributed by atoms with E-state index in [-0.39, 0.29) is 12.0 Å². The minimum Gasteiger partial charge on any atom is -0.420 e. The van der Waals surface area contributed by atoms with Crippen LogP contribution in [0.15, 0.2) is 0 Å². The third-order valence-corrected chi connectivity index (χ3v) is 2.89. The predicted octanol–water partition coefficient (Wildman–Crippen LogP) is 3.23. The van der Waals surface area contributed by atoms with Gasteiger partial charge >= 0.3 is 5.97 Å². The summed E-state index contributed by atoms with van der Waals surface area (Å²) in [6, 6.07) is 0. The Labute approximate surface area is 135 Å². The SMILES string of the molecule is CC(C)(C)CCNC(=O)CC(=O)Oc1c(F)c(F)c(F)c(F)c1F. The number of esters is 1. The first-order valence-corrected chi connectivity index (χ1v) is 6.93. The minimum atomic E-state index is -2.37. The van der Waals surface area contributed by atoms with Crippen molar-refractivity contribution in [1.82, 2.24) is 5.32 Å². The molecule has 0 atom stereocenters. The fourth-order valence-electron chi connectivity index (χ4n) is 1.59. The number of carbonyl (C=O) groups is 2. The molecule has 4 nitrogen and oxygen atoms in total.